The average molecular weight is 337 g/mol. The fraction of sp³-hybridized carbons (Fsp3) is 0.0500. The maximum absolute atomic E-state index is 13.1. The number of carbonyl (C=O) groups is 1. The van der Waals surface area contributed by atoms with Gasteiger partial charge in [0.05, 0.1) is 0 Å². The van der Waals surface area contributed by atoms with Gasteiger partial charge in [0, 0.05) is 10.6 Å². The Morgan fingerprint density at radius 1 is 0.833 bits per heavy atom. The summed E-state index contributed by atoms with van der Waals surface area (Å²) in [5, 5.41) is 2.52. The van der Waals surface area contributed by atoms with E-state index in [2.05, 4.69) is 5.32 Å². The first-order chi connectivity index (χ1) is 11.7. The van der Waals surface area contributed by atoms with E-state index in [4.69, 9.17) is 0 Å². The Hall–Kier alpha value is -2.59. The third kappa shape index (κ3) is 4.24. The molecule has 1 atom stereocenters. The van der Waals surface area contributed by atoms with Gasteiger partial charge in [-0.05, 0) is 42.0 Å². The topological polar surface area (TPSA) is 29.1 Å². The van der Waals surface area contributed by atoms with Crippen molar-refractivity contribution < 1.29 is 9.18 Å². The van der Waals surface area contributed by atoms with E-state index in [1.807, 2.05) is 60.7 Å². The molecule has 0 fully saturated rings. The minimum Gasteiger partial charge on any atom is -0.325 e. The van der Waals surface area contributed by atoms with Crippen LogP contribution in [0.4, 0.5) is 10.1 Å². The van der Waals surface area contributed by atoms with Gasteiger partial charge >= 0.3 is 0 Å². The lowest BCUT2D eigenvalue weighted by atomic mass is 10.1. The monoisotopic (exact) mass is 337 g/mol. The maximum atomic E-state index is 13.1. The fourth-order valence-electron chi connectivity index (χ4n) is 2.28. The molecule has 0 aliphatic heterocycles. The molecule has 0 aliphatic carbocycles. The van der Waals surface area contributed by atoms with Crippen molar-refractivity contribution in [3.8, 4) is 0 Å². The summed E-state index contributed by atoms with van der Waals surface area (Å²) in [6, 6.07) is 25.1. The van der Waals surface area contributed by atoms with Gasteiger partial charge in [-0.15, -0.1) is 11.8 Å². The Kier molecular flexibility index (Phi) is 5.29. The molecule has 3 rings (SSSR count). The highest BCUT2D eigenvalue weighted by molar-refractivity contribution is 8.00. The predicted octanol–water partition coefficient (Wildman–Crippen LogP) is 5.30. The Morgan fingerprint density at radius 2 is 1.42 bits per heavy atom. The molecular formula is C20H16FNOS. The van der Waals surface area contributed by atoms with Crippen molar-refractivity contribution in [3.63, 3.8) is 0 Å². The second-order valence-electron chi connectivity index (χ2n) is 5.22. The molecule has 24 heavy (non-hydrogen) atoms. The summed E-state index contributed by atoms with van der Waals surface area (Å²) < 4.78 is 13.1. The second-order valence-corrected chi connectivity index (χ2v) is 6.40. The summed E-state index contributed by atoms with van der Waals surface area (Å²) in [7, 11) is 0. The SMILES string of the molecule is O=C(Nc1ccccc1)C(Sc1ccc(F)cc1)c1ccccc1. The summed E-state index contributed by atoms with van der Waals surface area (Å²) in [5.41, 5.74) is 1.66. The molecule has 2 nitrogen and oxygen atoms in total. The number of thioether (sulfide) groups is 1. The first-order valence-electron chi connectivity index (χ1n) is 7.55. The highest BCUT2D eigenvalue weighted by Crippen LogP contribution is 2.36. The number of anilines is 1. The minimum absolute atomic E-state index is 0.110. The van der Waals surface area contributed by atoms with Crippen molar-refractivity contribution in [2.24, 2.45) is 0 Å². The smallest absolute Gasteiger partial charge is 0.242 e. The average Bonchev–Trinajstić information content (AvgIpc) is 2.63. The highest BCUT2D eigenvalue weighted by atomic mass is 32.2. The number of rotatable bonds is 5. The zero-order valence-electron chi connectivity index (χ0n) is 12.9. The number of hydrogen-bond acceptors (Lipinski definition) is 2. The molecule has 3 aromatic rings. The Morgan fingerprint density at radius 3 is 2.04 bits per heavy atom. The van der Waals surface area contributed by atoms with Crippen LogP contribution >= 0.6 is 11.8 Å². The molecule has 3 aromatic carbocycles. The second kappa shape index (κ2) is 7.79. The van der Waals surface area contributed by atoms with Crippen LogP contribution in [0.15, 0.2) is 89.8 Å². The molecule has 0 bridgehead atoms. The molecule has 1 unspecified atom stereocenters. The van der Waals surface area contributed by atoms with Gasteiger partial charge in [0.1, 0.15) is 11.1 Å². The van der Waals surface area contributed by atoms with E-state index < -0.39 is 5.25 Å². The Labute approximate surface area is 144 Å². The lowest BCUT2D eigenvalue weighted by molar-refractivity contribution is -0.115. The number of halogens is 1. The summed E-state index contributed by atoms with van der Waals surface area (Å²) in [4.78, 5) is 13.6. The van der Waals surface area contributed by atoms with Crippen LogP contribution < -0.4 is 5.32 Å². The summed E-state index contributed by atoms with van der Waals surface area (Å²) in [6.07, 6.45) is 0. The van der Waals surface area contributed by atoms with E-state index in [1.54, 1.807) is 12.1 Å². The minimum atomic E-state index is -0.420. The van der Waals surface area contributed by atoms with E-state index in [-0.39, 0.29) is 11.7 Å². The zero-order valence-corrected chi connectivity index (χ0v) is 13.7. The standard InChI is InChI=1S/C20H16FNOS/c21-16-11-13-18(14-12-16)24-19(15-7-3-1-4-8-15)20(23)22-17-9-5-2-6-10-17/h1-14,19H,(H,22,23). The molecule has 1 N–H and O–H groups in total. The molecule has 0 radical (unpaired) electrons. The Bertz CT molecular complexity index is 791. The first kappa shape index (κ1) is 16.3. The van der Waals surface area contributed by atoms with E-state index in [1.165, 1.54) is 23.9 Å². The summed E-state index contributed by atoms with van der Waals surface area (Å²) in [5.74, 6) is -0.397. The van der Waals surface area contributed by atoms with Crippen LogP contribution in [0.5, 0.6) is 0 Å². The first-order valence-corrected chi connectivity index (χ1v) is 8.43. The van der Waals surface area contributed by atoms with E-state index >= 15 is 0 Å². The Balaban J connectivity index is 1.84. The van der Waals surface area contributed by atoms with E-state index in [9.17, 15) is 9.18 Å². The van der Waals surface area contributed by atoms with Gasteiger partial charge in [0.15, 0.2) is 0 Å². The number of hydrogen-bond donors (Lipinski definition) is 1. The maximum Gasteiger partial charge on any atom is 0.242 e. The number of amides is 1. The highest BCUT2D eigenvalue weighted by Gasteiger charge is 2.22. The van der Waals surface area contributed by atoms with Crippen LogP contribution in [0.2, 0.25) is 0 Å². The van der Waals surface area contributed by atoms with Crippen molar-refractivity contribution in [2.45, 2.75) is 10.1 Å². The van der Waals surface area contributed by atoms with Crippen molar-refractivity contribution in [1.29, 1.82) is 0 Å². The van der Waals surface area contributed by atoms with Gasteiger partial charge < -0.3 is 5.32 Å². The van der Waals surface area contributed by atoms with Crippen molar-refractivity contribution in [3.05, 3.63) is 96.3 Å². The summed E-state index contributed by atoms with van der Waals surface area (Å²) >= 11 is 1.40. The third-order valence-electron chi connectivity index (χ3n) is 3.45. The molecule has 0 aromatic heterocycles. The summed E-state index contributed by atoms with van der Waals surface area (Å²) in [6.45, 7) is 0. The van der Waals surface area contributed by atoms with E-state index in [0.29, 0.717) is 0 Å². The van der Waals surface area contributed by atoms with Crippen molar-refractivity contribution >= 4 is 23.4 Å². The molecule has 1 amide bonds. The van der Waals surface area contributed by atoms with Crippen LogP contribution in [0.3, 0.4) is 0 Å². The largest absolute Gasteiger partial charge is 0.325 e. The molecule has 0 saturated heterocycles. The normalized spacial score (nSPS) is 11.7. The number of nitrogens with one attached hydrogen (secondary N) is 1. The van der Waals surface area contributed by atoms with Gasteiger partial charge in [0.25, 0.3) is 0 Å². The molecular weight excluding hydrogens is 321 g/mol. The predicted molar refractivity (Wildman–Crippen MR) is 96.5 cm³/mol. The molecule has 0 aliphatic rings. The quantitative estimate of drug-likeness (QED) is 0.640. The van der Waals surface area contributed by atoms with Gasteiger partial charge in [-0.2, -0.15) is 0 Å². The van der Waals surface area contributed by atoms with Gasteiger partial charge in [-0.25, -0.2) is 4.39 Å². The lowest BCUT2D eigenvalue weighted by Gasteiger charge is -2.17. The van der Waals surface area contributed by atoms with E-state index in [0.717, 1.165) is 16.1 Å². The molecule has 0 heterocycles. The van der Waals surface area contributed by atoms with Crippen molar-refractivity contribution in [1.82, 2.24) is 0 Å². The van der Waals surface area contributed by atoms with Crippen LogP contribution in [0, 0.1) is 5.82 Å². The van der Waals surface area contributed by atoms with Crippen LogP contribution in [0.25, 0.3) is 0 Å². The number of para-hydroxylation sites is 1. The third-order valence-corrected chi connectivity index (χ3v) is 4.72. The molecule has 0 spiro atoms. The molecule has 4 heteroatoms. The van der Waals surface area contributed by atoms with Crippen LogP contribution in [-0.2, 0) is 4.79 Å². The van der Waals surface area contributed by atoms with Crippen molar-refractivity contribution in [2.75, 3.05) is 5.32 Å². The zero-order chi connectivity index (χ0) is 16.8. The van der Waals surface area contributed by atoms with Crippen LogP contribution in [-0.4, -0.2) is 5.91 Å². The number of benzene rings is 3. The van der Waals surface area contributed by atoms with Gasteiger partial charge in [-0.1, -0.05) is 48.5 Å². The van der Waals surface area contributed by atoms with Gasteiger partial charge in [0.2, 0.25) is 5.91 Å². The fourth-order valence-corrected chi connectivity index (χ4v) is 3.30. The molecule has 0 saturated carbocycles. The number of carbonyl (C=O) groups excluding carboxylic acids is 1. The lowest BCUT2D eigenvalue weighted by Crippen LogP contribution is -2.18. The molecule has 120 valence electrons. The van der Waals surface area contributed by atoms with Crippen LogP contribution in [0.1, 0.15) is 10.8 Å². The van der Waals surface area contributed by atoms with Gasteiger partial charge in [-0.3, -0.25) is 4.79 Å².